The summed E-state index contributed by atoms with van der Waals surface area (Å²) in [5, 5.41) is 1.67. The zero-order valence-corrected chi connectivity index (χ0v) is 17.3. The molecule has 27 heavy (non-hydrogen) atoms. The van der Waals surface area contributed by atoms with E-state index in [9.17, 15) is 4.79 Å². The van der Waals surface area contributed by atoms with Gasteiger partial charge < -0.3 is 0 Å². The number of benzene rings is 1. The van der Waals surface area contributed by atoms with Crippen LogP contribution in [0.5, 0.6) is 0 Å². The van der Waals surface area contributed by atoms with Crippen molar-refractivity contribution in [1.29, 1.82) is 0 Å². The molecule has 0 aliphatic heterocycles. The number of rotatable bonds is 5. The van der Waals surface area contributed by atoms with Crippen molar-refractivity contribution in [2.75, 3.05) is 5.75 Å². The molecule has 0 fully saturated rings. The fraction of sp³-hybridized carbons (Fsp3) is 0.364. The Labute approximate surface area is 168 Å². The second-order valence-corrected chi connectivity index (χ2v) is 9.29. The molecule has 0 atom stereocenters. The van der Waals surface area contributed by atoms with E-state index in [0.29, 0.717) is 6.54 Å². The van der Waals surface area contributed by atoms with Crippen molar-refractivity contribution < 1.29 is 0 Å². The summed E-state index contributed by atoms with van der Waals surface area (Å²) in [6.07, 6.45) is 5.73. The van der Waals surface area contributed by atoms with Crippen LogP contribution in [-0.4, -0.2) is 15.3 Å². The Bertz CT molecular complexity index is 1030. The predicted molar refractivity (Wildman–Crippen MR) is 116 cm³/mol. The van der Waals surface area contributed by atoms with Crippen molar-refractivity contribution in [3.63, 3.8) is 0 Å². The maximum Gasteiger partial charge on any atom is 0.263 e. The Morgan fingerprint density at radius 2 is 2.00 bits per heavy atom. The molecule has 1 aliphatic carbocycles. The number of aryl methyl sites for hydroxylation is 2. The summed E-state index contributed by atoms with van der Waals surface area (Å²) in [6, 6.07) is 10.2. The molecule has 0 radical (unpaired) electrons. The zero-order chi connectivity index (χ0) is 18.8. The van der Waals surface area contributed by atoms with Crippen molar-refractivity contribution in [2.24, 2.45) is 0 Å². The van der Waals surface area contributed by atoms with Gasteiger partial charge in [0.25, 0.3) is 5.56 Å². The lowest BCUT2D eigenvalue weighted by atomic mass is 10.1. The molecule has 0 unspecified atom stereocenters. The van der Waals surface area contributed by atoms with Crippen molar-refractivity contribution in [3.05, 3.63) is 68.8 Å². The summed E-state index contributed by atoms with van der Waals surface area (Å²) >= 11 is 3.34. The van der Waals surface area contributed by atoms with Crippen LogP contribution in [0.2, 0.25) is 0 Å². The van der Waals surface area contributed by atoms with Crippen molar-refractivity contribution in [3.8, 4) is 0 Å². The van der Waals surface area contributed by atoms with Crippen LogP contribution in [0, 0.1) is 0 Å². The number of nitrogens with zero attached hydrogens (tertiary/aromatic N) is 2. The van der Waals surface area contributed by atoms with Gasteiger partial charge in [0.1, 0.15) is 4.83 Å². The first-order chi connectivity index (χ1) is 13.1. The fourth-order valence-corrected chi connectivity index (χ4v) is 5.74. The molecule has 0 bridgehead atoms. The van der Waals surface area contributed by atoms with Crippen LogP contribution in [0.15, 0.2) is 52.4 Å². The van der Waals surface area contributed by atoms with Gasteiger partial charge in [0, 0.05) is 10.6 Å². The Balaban J connectivity index is 1.87. The largest absolute Gasteiger partial charge is 0.283 e. The number of hydrogen-bond donors (Lipinski definition) is 0. The highest BCUT2D eigenvalue weighted by atomic mass is 32.2. The van der Waals surface area contributed by atoms with E-state index in [1.807, 2.05) is 29.7 Å². The smallest absolute Gasteiger partial charge is 0.263 e. The first-order valence-corrected chi connectivity index (χ1v) is 11.3. The molecule has 0 N–H and O–H groups in total. The Hall–Kier alpha value is -1.85. The molecule has 5 heteroatoms. The number of thioether (sulfide) groups is 1. The average molecular weight is 397 g/mol. The monoisotopic (exact) mass is 396 g/mol. The SMILES string of the molecule is C=C(C)CSc1nc2sc3c(c2c(=O)n1Cc1ccccc1)CCCCC3. The lowest BCUT2D eigenvalue weighted by Crippen LogP contribution is -2.24. The third-order valence-electron chi connectivity index (χ3n) is 4.92. The van der Waals surface area contributed by atoms with Gasteiger partial charge in [0.15, 0.2) is 5.16 Å². The first-order valence-electron chi connectivity index (χ1n) is 9.49. The normalized spacial score (nSPS) is 14.1. The minimum atomic E-state index is 0.118. The maximum absolute atomic E-state index is 13.5. The highest BCUT2D eigenvalue weighted by Gasteiger charge is 2.21. The maximum atomic E-state index is 13.5. The molecule has 3 aromatic rings. The highest BCUT2D eigenvalue weighted by Crippen LogP contribution is 2.34. The van der Waals surface area contributed by atoms with E-state index in [4.69, 9.17) is 4.98 Å². The van der Waals surface area contributed by atoms with E-state index in [1.54, 1.807) is 23.1 Å². The van der Waals surface area contributed by atoms with E-state index in [1.165, 1.54) is 29.7 Å². The summed E-state index contributed by atoms with van der Waals surface area (Å²) in [6.45, 7) is 6.57. The zero-order valence-electron chi connectivity index (χ0n) is 15.7. The summed E-state index contributed by atoms with van der Waals surface area (Å²) in [7, 11) is 0. The molecular formula is C22H24N2OS2. The second kappa shape index (κ2) is 8.03. The van der Waals surface area contributed by atoms with E-state index in [0.717, 1.165) is 45.1 Å². The van der Waals surface area contributed by atoms with E-state index in [-0.39, 0.29) is 5.56 Å². The molecule has 3 nitrogen and oxygen atoms in total. The van der Waals surface area contributed by atoms with Gasteiger partial charge in [0.05, 0.1) is 11.9 Å². The molecule has 0 spiro atoms. The van der Waals surface area contributed by atoms with Crippen molar-refractivity contribution in [1.82, 2.24) is 9.55 Å². The van der Waals surface area contributed by atoms with E-state index in [2.05, 4.69) is 18.7 Å². The molecule has 2 aromatic heterocycles. The Kier molecular flexibility index (Phi) is 5.50. The minimum absolute atomic E-state index is 0.118. The summed E-state index contributed by atoms with van der Waals surface area (Å²) in [5.41, 5.74) is 3.59. The molecule has 1 aliphatic rings. The van der Waals surface area contributed by atoms with Gasteiger partial charge in [-0.05, 0) is 43.7 Å². The third kappa shape index (κ3) is 3.90. The molecule has 0 saturated heterocycles. The van der Waals surface area contributed by atoms with Gasteiger partial charge in [-0.3, -0.25) is 9.36 Å². The molecule has 2 heterocycles. The van der Waals surface area contributed by atoms with Crippen LogP contribution >= 0.6 is 23.1 Å². The van der Waals surface area contributed by atoms with Crippen LogP contribution in [0.25, 0.3) is 10.2 Å². The van der Waals surface area contributed by atoms with Gasteiger partial charge in [-0.2, -0.15) is 0 Å². The van der Waals surface area contributed by atoms with Crippen LogP contribution in [-0.2, 0) is 19.4 Å². The van der Waals surface area contributed by atoms with Gasteiger partial charge in [-0.25, -0.2) is 4.98 Å². The van der Waals surface area contributed by atoms with Gasteiger partial charge in [-0.15, -0.1) is 11.3 Å². The summed E-state index contributed by atoms with van der Waals surface area (Å²) < 4.78 is 1.86. The molecule has 0 saturated carbocycles. The molecular weight excluding hydrogens is 372 g/mol. The number of fused-ring (bicyclic) bond motifs is 3. The van der Waals surface area contributed by atoms with Crippen LogP contribution in [0.1, 0.15) is 42.2 Å². The third-order valence-corrected chi connectivity index (χ3v) is 7.31. The lowest BCUT2D eigenvalue weighted by molar-refractivity contribution is 0.658. The van der Waals surface area contributed by atoms with Crippen molar-refractivity contribution >= 4 is 33.3 Å². The molecule has 1 aromatic carbocycles. The number of thiophene rings is 1. The molecule has 4 rings (SSSR count). The predicted octanol–water partition coefficient (Wildman–Crippen LogP) is 5.44. The number of hydrogen-bond acceptors (Lipinski definition) is 4. The highest BCUT2D eigenvalue weighted by molar-refractivity contribution is 7.99. The molecule has 140 valence electrons. The van der Waals surface area contributed by atoms with Gasteiger partial charge in [0.2, 0.25) is 0 Å². The number of aromatic nitrogens is 2. The summed E-state index contributed by atoms with van der Waals surface area (Å²) in [5.74, 6) is 0.776. The minimum Gasteiger partial charge on any atom is -0.283 e. The fourth-order valence-electron chi connectivity index (χ4n) is 3.60. The van der Waals surface area contributed by atoms with Crippen LogP contribution < -0.4 is 5.56 Å². The van der Waals surface area contributed by atoms with E-state index < -0.39 is 0 Å². The lowest BCUT2D eigenvalue weighted by Gasteiger charge is -2.12. The van der Waals surface area contributed by atoms with Gasteiger partial charge >= 0.3 is 0 Å². The Morgan fingerprint density at radius 1 is 1.22 bits per heavy atom. The van der Waals surface area contributed by atoms with Gasteiger partial charge in [-0.1, -0.05) is 60.7 Å². The Morgan fingerprint density at radius 3 is 2.78 bits per heavy atom. The standard InChI is InChI=1S/C22H24N2OS2/c1-15(2)14-26-22-23-20-19(17-11-7-4-8-12-18(17)27-20)21(25)24(22)13-16-9-5-3-6-10-16/h3,5-6,9-10H,1,4,7-8,11-14H2,2H3. The van der Waals surface area contributed by atoms with Crippen LogP contribution in [0.4, 0.5) is 0 Å². The quantitative estimate of drug-likeness (QED) is 0.249. The van der Waals surface area contributed by atoms with Crippen molar-refractivity contribution in [2.45, 2.75) is 50.7 Å². The van der Waals surface area contributed by atoms with E-state index >= 15 is 0 Å². The summed E-state index contributed by atoms with van der Waals surface area (Å²) in [4.78, 5) is 20.8. The first kappa shape index (κ1) is 18.5. The second-order valence-electron chi connectivity index (χ2n) is 7.26. The topological polar surface area (TPSA) is 34.9 Å². The average Bonchev–Trinajstić information content (AvgIpc) is 2.84. The molecule has 0 amide bonds. The van der Waals surface area contributed by atoms with Crippen LogP contribution in [0.3, 0.4) is 0 Å².